The molecule has 0 atom stereocenters. The Morgan fingerprint density at radius 1 is 1.20 bits per heavy atom. The highest BCUT2D eigenvalue weighted by Gasteiger charge is 2.04. The van der Waals surface area contributed by atoms with Crippen LogP contribution in [0.25, 0.3) is 0 Å². The molecule has 0 bridgehead atoms. The van der Waals surface area contributed by atoms with Gasteiger partial charge in [0.1, 0.15) is 0 Å². The fourth-order valence-corrected chi connectivity index (χ4v) is 2.13. The zero-order valence-electron chi connectivity index (χ0n) is 10.4. The van der Waals surface area contributed by atoms with E-state index in [1.165, 1.54) is 6.20 Å². The van der Waals surface area contributed by atoms with Gasteiger partial charge in [0.05, 0.1) is 0 Å². The summed E-state index contributed by atoms with van der Waals surface area (Å²) in [6, 6.07) is 7.72. The quantitative estimate of drug-likeness (QED) is 0.844. The van der Waals surface area contributed by atoms with Crippen molar-refractivity contribution in [3.8, 4) is 0 Å². The van der Waals surface area contributed by atoms with Crippen molar-refractivity contribution < 1.29 is 0 Å². The maximum absolute atomic E-state index is 5.92. The predicted molar refractivity (Wildman–Crippen MR) is 86.4 cm³/mol. The van der Waals surface area contributed by atoms with Crippen LogP contribution >= 0.6 is 35.4 Å². The minimum Gasteiger partial charge on any atom is -0.362 e. The molecule has 1 aromatic carbocycles. The number of hydrogen-bond donors (Lipinski definition) is 2. The van der Waals surface area contributed by atoms with Crippen molar-refractivity contribution in [2.24, 2.45) is 0 Å². The number of aromatic nitrogens is 2. The van der Waals surface area contributed by atoms with E-state index in [4.69, 9.17) is 35.4 Å². The van der Waals surface area contributed by atoms with Crippen LogP contribution in [0.3, 0.4) is 0 Å². The third kappa shape index (κ3) is 4.59. The van der Waals surface area contributed by atoms with Gasteiger partial charge in [0.15, 0.2) is 16.1 Å². The first-order valence-corrected chi connectivity index (χ1v) is 7.07. The van der Waals surface area contributed by atoms with Gasteiger partial charge in [0, 0.05) is 24.0 Å². The van der Waals surface area contributed by atoms with E-state index >= 15 is 0 Å². The van der Waals surface area contributed by atoms with Gasteiger partial charge in [-0.15, -0.1) is 0 Å². The number of anilines is 1. The van der Waals surface area contributed by atoms with Crippen molar-refractivity contribution in [2.75, 3.05) is 11.9 Å². The first-order valence-electron chi connectivity index (χ1n) is 5.91. The van der Waals surface area contributed by atoms with Crippen LogP contribution < -0.4 is 10.6 Å². The minimum atomic E-state index is 0.284. The summed E-state index contributed by atoms with van der Waals surface area (Å²) in [4.78, 5) is 7.95. The summed E-state index contributed by atoms with van der Waals surface area (Å²) in [5.74, 6) is 0.439. The average Bonchev–Trinajstić information content (AvgIpc) is 2.41. The molecule has 1 heterocycles. The van der Waals surface area contributed by atoms with E-state index in [9.17, 15) is 0 Å². The monoisotopic (exact) mass is 326 g/mol. The largest absolute Gasteiger partial charge is 0.362 e. The highest BCUT2D eigenvalue weighted by molar-refractivity contribution is 7.80. The van der Waals surface area contributed by atoms with Gasteiger partial charge in [-0.25, -0.2) is 9.97 Å². The molecule has 0 aliphatic carbocycles. The van der Waals surface area contributed by atoms with E-state index in [1.54, 1.807) is 6.20 Å². The number of thiocarbonyl (C=S) groups is 1. The van der Waals surface area contributed by atoms with E-state index in [0.717, 1.165) is 17.0 Å². The SMILES string of the molecule is S=C(NCCc1cccc(Cl)c1)Nc1nccnc1Cl. The van der Waals surface area contributed by atoms with Crippen molar-refractivity contribution in [3.63, 3.8) is 0 Å². The van der Waals surface area contributed by atoms with Crippen molar-refractivity contribution in [1.29, 1.82) is 0 Å². The van der Waals surface area contributed by atoms with E-state index in [0.29, 0.717) is 17.5 Å². The Morgan fingerprint density at radius 3 is 2.75 bits per heavy atom. The third-order valence-electron chi connectivity index (χ3n) is 2.47. The lowest BCUT2D eigenvalue weighted by atomic mass is 10.1. The molecule has 1 aromatic heterocycles. The molecule has 0 aliphatic rings. The molecule has 7 heteroatoms. The van der Waals surface area contributed by atoms with E-state index in [2.05, 4.69) is 20.6 Å². The molecule has 0 amide bonds. The second kappa shape index (κ2) is 7.38. The molecule has 0 saturated heterocycles. The van der Waals surface area contributed by atoms with Gasteiger partial charge in [-0.1, -0.05) is 35.3 Å². The Balaban J connectivity index is 1.80. The molecule has 2 rings (SSSR count). The molecule has 0 aliphatic heterocycles. The van der Waals surface area contributed by atoms with Crippen molar-refractivity contribution in [3.05, 3.63) is 52.4 Å². The van der Waals surface area contributed by atoms with Crippen LogP contribution in [0, 0.1) is 0 Å². The van der Waals surface area contributed by atoms with E-state index in [1.807, 2.05) is 24.3 Å². The van der Waals surface area contributed by atoms with Gasteiger partial charge in [0.25, 0.3) is 0 Å². The first-order chi connectivity index (χ1) is 9.65. The standard InChI is InChI=1S/C13H12Cl2N4S/c14-10-3-1-2-9(8-10)4-5-18-13(20)19-12-11(15)16-6-7-17-12/h1-3,6-8H,4-5H2,(H2,17,18,19,20). The number of rotatable bonds is 4. The number of benzene rings is 1. The van der Waals surface area contributed by atoms with Gasteiger partial charge in [-0.05, 0) is 36.3 Å². The summed E-state index contributed by atoms with van der Waals surface area (Å²) in [7, 11) is 0. The Morgan fingerprint density at radius 2 is 2.00 bits per heavy atom. The lowest BCUT2D eigenvalue weighted by Crippen LogP contribution is -2.30. The summed E-state index contributed by atoms with van der Waals surface area (Å²) in [6.07, 6.45) is 3.88. The number of hydrogen-bond acceptors (Lipinski definition) is 3. The minimum absolute atomic E-state index is 0.284. The number of nitrogens with one attached hydrogen (secondary N) is 2. The molecule has 0 radical (unpaired) electrons. The smallest absolute Gasteiger partial charge is 0.172 e. The Bertz CT molecular complexity index is 606. The molecule has 2 N–H and O–H groups in total. The molecular weight excluding hydrogens is 315 g/mol. The molecule has 0 fully saturated rings. The maximum atomic E-state index is 5.92. The molecule has 4 nitrogen and oxygen atoms in total. The zero-order valence-corrected chi connectivity index (χ0v) is 12.8. The van der Waals surface area contributed by atoms with Gasteiger partial charge < -0.3 is 10.6 Å². The predicted octanol–water partition coefficient (Wildman–Crippen LogP) is 3.31. The van der Waals surface area contributed by atoms with Crippen LogP contribution in [0.5, 0.6) is 0 Å². The van der Waals surface area contributed by atoms with Crippen LogP contribution in [-0.4, -0.2) is 21.6 Å². The summed E-state index contributed by atoms with van der Waals surface area (Å²) in [5.41, 5.74) is 1.14. The Hall–Kier alpha value is -1.43. The Labute approximate surface area is 132 Å². The van der Waals surface area contributed by atoms with Crippen LogP contribution in [0.1, 0.15) is 5.56 Å². The third-order valence-corrected chi connectivity index (χ3v) is 3.23. The van der Waals surface area contributed by atoms with Gasteiger partial charge in [-0.2, -0.15) is 0 Å². The molecule has 0 spiro atoms. The molecule has 0 saturated carbocycles. The highest BCUT2D eigenvalue weighted by Crippen LogP contribution is 2.13. The fourth-order valence-electron chi connectivity index (χ4n) is 1.57. The number of halogens is 2. The van der Waals surface area contributed by atoms with Crippen molar-refractivity contribution in [2.45, 2.75) is 6.42 Å². The van der Waals surface area contributed by atoms with Gasteiger partial charge in [0.2, 0.25) is 0 Å². The summed E-state index contributed by atoms with van der Waals surface area (Å²) >= 11 is 17.0. The van der Waals surface area contributed by atoms with Crippen LogP contribution in [0.2, 0.25) is 10.2 Å². The second-order valence-electron chi connectivity index (χ2n) is 3.96. The normalized spacial score (nSPS) is 10.1. The zero-order chi connectivity index (χ0) is 14.4. The van der Waals surface area contributed by atoms with Crippen molar-refractivity contribution >= 4 is 46.4 Å². The summed E-state index contributed by atoms with van der Waals surface area (Å²) in [6.45, 7) is 0.685. The van der Waals surface area contributed by atoms with E-state index < -0.39 is 0 Å². The first kappa shape index (κ1) is 15.0. The topological polar surface area (TPSA) is 49.8 Å². The van der Waals surface area contributed by atoms with Crippen LogP contribution in [0.4, 0.5) is 5.82 Å². The highest BCUT2D eigenvalue weighted by atomic mass is 35.5. The molecule has 104 valence electrons. The van der Waals surface area contributed by atoms with Gasteiger partial charge >= 0.3 is 0 Å². The van der Waals surface area contributed by atoms with Crippen LogP contribution in [-0.2, 0) is 6.42 Å². The maximum Gasteiger partial charge on any atom is 0.172 e. The molecule has 2 aromatic rings. The lowest BCUT2D eigenvalue weighted by Gasteiger charge is -2.10. The Kier molecular flexibility index (Phi) is 5.52. The summed E-state index contributed by atoms with van der Waals surface area (Å²) in [5, 5.41) is 7.44. The molecular formula is C13H12Cl2N4S. The number of nitrogens with zero attached hydrogens (tertiary/aromatic N) is 2. The fraction of sp³-hybridized carbons (Fsp3) is 0.154. The molecule has 0 unspecified atom stereocenters. The van der Waals surface area contributed by atoms with E-state index in [-0.39, 0.29) is 5.15 Å². The second-order valence-corrected chi connectivity index (χ2v) is 5.16. The van der Waals surface area contributed by atoms with Crippen molar-refractivity contribution in [1.82, 2.24) is 15.3 Å². The van der Waals surface area contributed by atoms with Crippen LogP contribution in [0.15, 0.2) is 36.7 Å². The molecule has 20 heavy (non-hydrogen) atoms. The van der Waals surface area contributed by atoms with Gasteiger partial charge in [-0.3, -0.25) is 0 Å². The summed E-state index contributed by atoms with van der Waals surface area (Å²) < 4.78 is 0. The average molecular weight is 327 g/mol. The lowest BCUT2D eigenvalue weighted by molar-refractivity contribution is 0.873.